The van der Waals surface area contributed by atoms with E-state index in [9.17, 15) is 0 Å². The van der Waals surface area contributed by atoms with Gasteiger partial charge >= 0.3 is 0 Å². The number of nitrogens with zero attached hydrogens (tertiary/aromatic N) is 2. The molecule has 0 spiro atoms. The van der Waals surface area contributed by atoms with Crippen LogP contribution in [-0.4, -0.2) is 47.4 Å². The van der Waals surface area contributed by atoms with E-state index < -0.39 is 0 Å². The zero-order chi connectivity index (χ0) is 18.6. The fourth-order valence-electron chi connectivity index (χ4n) is 3.34. The third kappa shape index (κ3) is 4.18. The number of hydrogen-bond donors (Lipinski definition) is 0. The lowest BCUT2D eigenvalue weighted by atomic mass is 10.1. The van der Waals surface area contributed by atoms with Crippen molar-refractivity contribution >= 4 is 44.0 Å². The third-order valence-corrected chi connectivity index (χ3v) is 5.69. The first kappa shape index (κ1) is 18.5. The summed E-state index contributed by atoms with van der Waals surface area (Å²) in [7, 11) is 0. The molecule has 3 aromatic rings. The Morgan fingerprint density at radius 3 is 2.67 bits per heavy atom. The Balaban J connectivity index is 1.58. The molecule has 1 aliphatic rings. The molecule has 27 heavy (non-hydrogen) atoms. The number of ether oxygens (including phenoxy) is 2. The average Bonchev–Trinajstić information content (AvgIpc) is 3.06. The summed E-state index contributed by atoms with van der Waals surface area (Å²) in [4.78, 5) is 3.13. The molecule has 4 rings (SSSR count). The van der Waals surface area contributed by atoms with Gasteiger partial charge in [0.15, 0.2) is 0 Å². The highest BCUT2D eigenvalue weighted by atomic mass is 79.9. The molecule has 2 aromatic carbocycles. The minimum Gasteiger partial charge on any atom is -0.492 e. The number of halogens is 1. The van der Waals surface area contributed by atoms with E-state index in [0.29, 0.717) is 6.61 Å². The van der Waals surface area contributed by atoms with Gasteiger partial charge in [0.25, 0.3) is 0 Å². The van der Waals surface area contributed by atoms with Gasteiger partial charge in [-0.15, -0.1) is 0 Å². The molecule has 6 heteroatoms. The topological polar surface area (TPSA) is 26.6 Å². The number of aromatic nitrogens is 1. The van der Waals surface area contributed by atoms with Crippen LogP contribution in [0, 0.1) is 0 Å². The summed E-state index contributed by atoms with van der Waals surface area (Å²) >= 11 is 9.42. The molecule has 0 unspecified atom stereocenters. The van der Waals surface area contributed by atoms with Crippen LogP contribution in [0.5, 0.6) is 5.75 Å². The number of rotatable bonds is 5. The van der Waals surface area contributed by atoms with Crippen LogP contribution in [0.2, 0.25) is 0 Å². The van der Waals surface area contributed by atoms with Crippen LogP contribution in [-0.2, 0) is 11.3 Å². The Morgan fingerprint density at radius 2 is 1.89 bits per heavy atom. The van der Waals surface area contributed by atoms with E-state index >= 15 is 0 Å². The lowest BCUT2D eigenvalue weighted by Crippen LogP contribution is -2.40. The van der Waals surface area contributed by atoms with Gasteiger partial charge in [-0.3, -0.25) is 0 Å². The Kier molecular flexibility index (Phi) is 5.76. The van der Waals surface area contributed by atoms with E-state index in [1.165, 1.54) is 10.9 Å². The highest BCUT2D eigenvalue weighted by Gasteiger charge is 2.19. The van der Waals surface area contributed by atoms with Crippen LogP contribution in [0.15, 0.2) is 59.2 Å². The number of thiocarbonyl (C=S) groups is 1. The molecule has 0 saturated carbocycles. The molecular weight excluding hydrogens is 424 g/mol. The molecule has 1 aromatic heterocycles. The van der Waals surface area contributed by atoms with Crippen LogP contribution in [0.4, 0.5) is 0 Å². The van der Waals surface area contributed by atoms with Gasteiger partial charge in [0.05, 0.1) is 19.8 Å². The Morgan fingerprint density at radius 1 is 1.11 bits per heavy atom. The molecule has 1 fully saturated rings. The second-order valence-corrected chi connectivity index (χ2v) is 7.77. The fourth-order valence-corrected chi connectivity index (χ4v) is 4.05. The van der Waals surface area contributed by atoms with Crippen molar-refractivity contribution in [1.82, 2.24) is 9.47 Å². The highest BCUT2D eigenvalue weighted by Crippen LogP contribution is 2.27. The Bertz CT molecular complexity index is 936. The molecule has 0 bridgehead atoms. The lowest BCUT2D eigenvalue weighted by molar-refractivity contribution is 0.0693. The number of benzene rings is 2. The quantitative estimate of drug-likeness (QED) is 0.541. The smallest absolute Gasteiger partial charge is 0.119 e. The lowest BCUT2D eigenvalue weighted by Gasteiger charge is -2.29. The maximum Gasteiger partial charge on any atom is 0.119 e. The summed E-state index contributed by atoms with van der Waals surface area (Å²) in [5.74, 6) is 0.890. The van der Waals surface area contributed by atoms with Crippen molar-refractivity contribution in [2.45, 2.75) is 6.54 Å². The van der Waals surface area contributed by atoms with Crippen molar-refractivity contribution < 1.29 is 9.47 Å². The van der Waals surface area contributed by atoms with E-state index in [1.54, 1.807) is 0 Å². The predicted octanol–water partition coefficient (Wildman–Crippen LogP) is 4.49. The van der Waals surface area contributed by atoms with Gasteiger partial charge in [-0.25, -0.2) is 0 Å². The zero-order valence-corrected chi connectivity index (χ0v) is 17.3. The molecule has 140 valence electrons. The normalized spacial score (nSPS) is 14.5. The summed E-state index contributed by atoms with van der Waals surface area (Å²) in [5, 5.41) is 1.17. The maximum absolute atomic E-state index is 5.88. The van der Waals surface area contributed by atoms with E-state index in [0.717, 1.165) is 53.6 Å². The second-order valence-electron chi connectivity index (χ2n) is 6.46. The third-order valence-electron chi connectivity index (χ3n) is 4.72. The van der Waals surface area contributed by atoms with E-state index in [1.807, 2.05) is 30.3 Å². The van der Waals surface area contributed by atoms with Crippen molar-refractivity contribution in [1.29, 1.82) is 0 Å². The van der Waals surface area contributed by atoms with E-state index in [2.05, 4.69) is 49.8 Å². The molecule has 0 radical (unpaired) electrons. The summed E-state index contributed by atoms with van der Waals surface area (Å²) in [6.45, 7) is 4.51. The molecular formula is C21H21BrN2O2S. The highest BCUT2D eigenvalue weighted by molar-refractivity contribution is 9.10. The van der Waals surface area contributed by atoms with Crippen LogP contribution >= 0.6 is 28.1 Å². The van der Waals surface area contributed by atoms with Gasteiger partial charge in [-0.2, -0.15) is 0 Å². The second kappa shape index (κ2) is 8.42. The van der Waals surface area contributed by atoms with Crippen molar-refractivity contribution in [2.24, 2.45) is 0 Å². The van der Waals surface area contributed by atoms with Crippen molar-refractivity contribution in [3.8, 4) is 5.75 Å². The average molecular weight is 445 g/mol. The van der Waals surface area contributed by atoms with Crippen LogP contribution in [0.1, 0.15) is 5.56 Å². The van der Waals surface area contributed by atoms with Crippen LogP contribution in [0.25, 0.3) is 10.9 Å². The monoisotopic (exact) mass is 444 g/mol. The van der Waals surface area contributed by atoms with E-state index in [4.69, 9.17) is 21.7 Å². The van der Waals surface area contributed by atoms with Gasteiger partial charge in [-0.1, -0.05) is 46.3 Å². The minimum absolute atomic E-state index is 0.605. The molecule has 1 aliphatic heterocycles. The first-order valence-corrected chi connectivity index (χ1v) is 10.3. The van der Waals surface area contributed by atoms with Gasteiger partial charge in [0.1, 0.15) is 17.3 Å². The van der Waals surface area contributed by atoms with Crippen LogP contribution < -0.4 is 4.74 Å². The number of morpholine rings is 1. The maximum atomic E-state index is 5.88. The molecule has 0 amide bonds. The summed E-state index contributed by atoms with van der Waals surface area (Å²) < 4.78 is 14.6. The molecule has 0 atom stereocenters. The minimum atomic E-state index is 0.605. The van der Waals surface area contributed by atoms with E-state index in [-0.39, 0.29) is 0 Å². The molecule has 0 aliphatic carbocycles. The largest absolute Gasteiger partial charge is 0.492 e. The molecule has 0 N–H and O–H groups in total. The van der Waals surface area contributed by atoms with Crippen molar-refractivity contribution in [2.75, 3.05) is 32.9 Å². The SMILES string of the molecule is S=C(c1cn(CCOc2ccccc2)c2ccc(Br)cc12)N1CCOCC1. The van der Waals surface area contributed by atoms with Gasteiger partial charge < -0.3 is 18.9 Å². The first-order chi connectivity index (χ1) is 13.2. The summed E-state index contributed by atoms with van der Waals surface area (Å²) in [5.41, 5.74) is 2.27. The fraction of sp³-hybridized carbons (Fsp3) is 0.286. The zero-order valence-electron chi connectivity index (χ0n) is 14.9. The Labute approximate surface area is 172 Å². The predicted molar refractivity (Wildman–Crippen MR) is 116 cm³/mol. The van der Waals surface area contributed by atoms with Crippen molar-refractivity contribution in [3.63, 3.8) is 0 Å². The molecule has 2 heterocycles. The van der Waals surface area contributed by atoms with Crippen molar-refractivity contribution in [3.05, 3.63) is 64.8 Å². The summed E-state index contributed by atoms with van der Waals surface area (Å²) in [6, 6.07) is 16.3. The Hall–Kier alpha value is -1.89. The van der Waals surface area contributed by atoms with Gasteiger partial charge in [0.2, 0.25) is 0 Å². The first-order valence-electron chi connectivity index (χ1n) is 9.05. The number of fused-ring (bicyclic) bond motifs is 1. The van der Waals surface area contributed by atoms with Gasteiger partial charge in [-0.05, 0) is 30.3 Å². The molecule has 1 saturated heterocycles. The van der Waals surface area contributed by atoms with Crippen LogP contribution in [0.3, 0.4) is 0 Å². The standard InChI is InChI=1S/C21H21BrN2O2S/c22-16-6-7-20-18(14-16)19(21(27)23-8-11-25-12-9-23)15-24(20)10-13-26-17-4-2-1-3-5-17/h1-7,14-15H,8-13H2. The number of para-hydroxylation sites is 1. The molecule has 4 nitrogen and oxygen atoms in total. The van der Waals surface area contributed by atoms with Gasteiger partial charge in [0, 0.05) is 40.2 Å². The summed E-state index contributed by atoms with van der Waals surface area (Å²) in [6.07, 6.45) is 2.16. The number of hydrogen-bond acceptors (Lipinski definition) is 3.